The van der Waals surface area contributed by atoms with Crippen LogP contribution in [0.2, 0.25) is 0 Å². The van der Waals surface area contributed by atoms with E-state index in [4.69, 9.17) is 4.74 Å². The number of carbonyl (C=O) groups is 2. The van der Waals surface area contributed by atoms with Crippen LogP contribution in [0.5, 0.6) is 5.75 Å². The van der Waals surface area contributed by atoms with Crippen LogP contribution < -0.4 is 15.4 Å². The highest BCUT2D eigenvalue weighted by molar-refractivity contribution is 5.99. The van der Waals surface area contributed by atoms with E-state index in [1.54, 1.807) is 12.1 Å². The maximum atomic E-state index is 13.7. The predicted octanol–water partition coefficient (Wildman–Crippen LogP) is 3.92. The van der Waals surface area contributed by atoms with Crippen LogP contribution in [0.3, 0.4) is 0 Å². The first-order valence-electron chi connectivity index (χ1n) is 9.79. The number of halogens is 2. The highest BCUT2D eigenvalue weighted by atomic mass is 19.2. The summed E-state index contributed by atoms with van der Waals surface area (Å²) in [5.41, 5.74) is 1.50. The quantitative estimate of drug-likeness (QED) is 0.732. The van der Waals surface area contributed by atoms with Crippen molar-refractivity contribution in [1.82, 2.24) is 5.32 Å². The van der Waals surface area contributed by atoms with E-state index in [1.165, 1.54) is 7.11 Å². The number of benzene rings is 2. The first-order valence-corrected chi connectivity index (χ1v) is 9.79. The fraction of sp³-hybridized carbons (Fsp3) is 0.304. The summed E-state index contributed by atoms with van der Waals surface area (Å²) in [5, 5.41) is 5.77. The summed E-state index contributed by atoms with van der Waals surface area (Å²) in [5.74, 6) is -3.69. The number of ether oxygens (including phenoxy) is 1. The van der Waals surface area contributed by atoms with E-state index in [2.05, 4.69) is 17.2 Å². The van der Waals surface area contributed by atoms with E-state index in [-0.39, 0.29) is 29.1 Å². The predicted molar refractivity (Wildman–Crippen MR) is 108 cm³/mol. The van der Waals surface area contributed by atoms with Gasteiger partial charge in [0.25, 0.3) is 5.91 Å². The van der Waals surface area contributed by atoms with Gasteiger partial charge in [-0.2, -0.15) is 0 Å². The summed E-state index contributed by atoms with van der Waals surface area (Å²) >= 11 is 0. The number of para-hydroxylation sites is 1. The molecule has 0 spiro atoms. The Morgan fingerprint density at radius 2 is 1.73 bits per heavy atom. The molecule has 7 heteroatoms. The standard InChI is InChI=1S/C23H22F2N2O3/c1-12-14-8-9-15(12)21(20(14)23(29)26-13-6-4-3-5-7-13)27-22(28)16-10-17(24)18(25)11-19(16)30-2/h3-7,10-11,14-15,20-21H,1,8-9H2,2H3,(H,26,29)(H,27,28). The molecule has 2 aliphatic rings. The molecule has 2 N–H and O–H groups in total. The summed E-state index contributed by atoms with van der Waals surface area (Å²) in [6.07, 6.45) is 1.65. The maximum Gasteiger partial charge on any atom is 0.255 e. The first-order chi connectivity index (χ1) is 14.4. The number of methoxy groups -OCH3 is 1. The molecule has 2 amide bonds. The third-order valence-corrected chi connectivity index (χ3v) is 6.12. The van der Waals surface area contributed by atoms with E-state index in [9.17, 15) is 18.4 Å². The van der Waals surface area contributed by atoms with Crippen LogP contribution in [0.1, 0.15) is 23.2 Å². The number of rotatable bonds is 5. The number of fused-ring (bicyclic) bond motifs is 2. The molecule has 156 valence electrons. The highest BCUT2D eigenvalue weighted by Gasteiger charge is 2.54. The molecule has 0 saturated heterocycles. The molecule has 0 heterocycles. The second-order valence-corrected chi connectivity index (χ2v) is 7.71. The average Bonchev–Trinajstić information content (AvgIpc) is 3.22. The SMILES string of the molecule is C=C1C2CCC1C(C(=O)Nc1ccccc1)C2NC(=O)c1cc(F)c(F)cc1OC. The number of hydrogen-bond donors (Lipinski definition) is 2. The Labute approximate surface area is 173 Å². The molecular formula is C23H22F2N2O3. The monoisotopic (exact) mass is 412 g/mol. The van der Waals surface area contributed by atoms with E-state index in [0.29, 0.717) is 5.69 Å². The Morgan fingerprint density at radius 1 is 1.07 bits per heavy atom. The van der Waals surface area contributed by atoms with Gasteiger partial charge in [0.05, 0.1) is 18.6 Å². The van der Waals surface area contributed by atoms with Gasteiger partial charge < -0.3 is 15.4 Å². The van der Waals surface area contributed by atoms with Gasteiger partial charge in [-0.15, -0.1) is 0 Å². The molecule has 5 nitrogen and oxygen atoms in total. The van der Waals surface area contributed by atoms with Crippen LogP contribution in [0, 0.1) is 29.4 Å². The summed E-state index contributed by atoms with van der Waals surface area (Å²) < 4.78 is 32.3. The van der Waals surface area contributed by atoms with Crippen LogP contribution >= 0.6 is 0 Å². The number of amides is 2. The van der Waals surface area contributed by atoms with Crippen LogP contribution in [-0.4, -0.2) is 25.0 Å². The largest absolute Gasteiger partial charge is 0.496 e. The van der Waals surface area contributed by atoms with Crippen LogP contribution in [-0.2, 0) is 4.79 Å². The second-order valence-electron chi connectivity index (χ2n) is 7.71. The number of nitrogens with one attached hydrogen (secondary N) is 2. The van der Waals surface area contributed by atoms with Crippen molar-refractivity contribution in [3.05, 3.63) is 71.8 Å². The topological polar surface area (TPSA) is 67.4 Å². The molecule has 0 aliphatic heterocycles. The zero-order chi connectivity index (χ0) is 21.4. The van der Waals surface area contributed by atoms with Gasteiger partial charge in [-0.1, -0.05) is 30.4 Å². The summed E-state index contributed by atoms with van der Waals surface area (Å²) in [6.45, 7) is 4.14. The Balaban J connectivity index is 1.59. The molecule has 2 bridgehead atoms. The van der Waals surface area contributed by atoms with Gasteiger partial charge in [0.1, 0.15) is 5.75 Å². The molecule has 2 saturated carbocycles. The van der Waals surface area contributed by atoms with Crippen molar-refractivity contribution < 1.29 is 23.1 Å². The molecule has 30 heavy (non-hydrogen) atoms. The minimum Gasteiger partial charge on any atom is -0.496 e. The zero-order valence-electron chi connectivity index (χ0n) is 16.5. The fourth-order valence-electron chi connectivity index (χ4n) is 4.71. The van der Waals surface area contributed by atoms with Crippen LogP contribution in [0.25, 0.3) is 0 Å². The molecule has 2 aliphatic carbocycles. The highest BCUT2D eigenvalue weighted by Crippen LogP contribution is 2.52. The van der Waals surface area contributed by atoms with Gasteiger partial charge in [0.15, 0.2) is 11.6 Å². The lowest BCUT2D eigenvalue weighted by molar-refractivity contribution is -0.121. The summed E-state index contributed by atoms with van der Waals surface area (Å²) in [7, 11) is 1.28. The van der Waals surface area contributed by atoms with Gasteiger partial charge in [0.2, 0.25) is 5.91 Å². The zero-order valence-corrected chi connectivity index (χ0v) is 16.5. The van der Waals surface area contributed by atoms with Gasteiger partial charge in [0, 0.05) is 23.7 Å². The van der Waals surface area contributed by atoms with Crippen molar-refractivity contribution in [1.29, 1.82) is 0 Å². The molecule has 4 atom stereocenters. The molecule has 0 aromatic heterocycles. The third kappa shape index (κ3) is 3.44. The van der Waals surface area contributed by atoms with Crippen molar-refractivity contribution in [3.8, 4) is 5.75 Å². The number of carbonyl (C=O) groups excluding carboxylic acids is 2. The lowest BCUT2D eigenvalue weighted by atomic mass is 9.83. The lowest BCUT2D eigenvalue weighted by Crippen LogP contribution is -2.48. The van der Waals surface area contributed by atoms with Gasteiger partial charge in [-0.25, -0.2) is 8.78 Å². The molecule has 0 radical (unpaired) electrons. The van der Waals surface area contributed by atoms with Gasteiger partial charge in [-0.3, -0.25) is 9.59 Å². The number of anilines is 1. The minimum atomic E-state index is -1.14. The van der Waals surface area contributed by atoms with Crippen molar-refractivity contribution in [2.24, 2.45) is 17.8 Å². The average molecular weight is 412 g/mol. The first kappa shape index (κ1) is 20.1. The van der Waals surface area contributed by atoms with E-state index < -0.39 is 29.5 Å². The minimum absolute atomic E-state index is 0.0316. The Kier molecular flexibility index (Phi) is 5.28. The lowest BCUT2D eigenvalue weighted by Gasteiger charge is -2.30. The van der Waals surface area contributed by atoms with Gasteiger partial charge in [-0.05, 0) is 37.0 Å². The summed E-state index contributed by atoms with van der Waals surface area (Å²) in [4.78, 5) is 26.0. The van der Waals surface area contributed by atoms with Crippen LogP contribution in [0.4, 0.5) is 14.5 Å². The molecule has 2 fully saturated rings. The molecular weight excluding hydrogens is 390 g/mol. The summed E-state index contributed by atoms with van der Waals surface area (Å²) in [6, 6.07) is 10.2. The second kappa shape index (κ2) is 7.89. The Bertz CT molecular complexity index is 1010. The third-order valence-electron chi connectivity index (χ3n) is 6.12. The molecule has 4 unspecified atom stereocenters. The van der Waals surface area contributed by atoms with Crippen molar-refractivity contribution in [3.63, 3.8) is 0 Å². The Morgan fingerprint density at radius 3 is 2.43 bits per heavy atom. The number of hydrogen-bond acceptors (Lipinski definition) is 3. The van der Waals surface area contributed by atoms with E-state index in [0.717, 1.165) is 30.5 Å². The van der Waals surface area contributed by atoms with Gasteiger partial charge >= 0.3 is 0 Å². The molecule has 2 aromatic rings. The fourth-order valence-corrected chi connectivity index (χ4v) is 4.71. The van der Waals surface area contributed by atoms with Crippen molar-refractivity contribution in [2.45, 2.75) is 18.9 Å². The van der Waals surface area contributed by atoms with Crippen molar-refractivity contribution in [2.75, 3.05) is 12.4 Å². The molecule has 2 aromatic carbocycles. The van der Waals surface area contributed by atoms with Crippen LogP contribution in [0.15, 0.2) is 54.6 Å². The normalized spacial score (nSPS) is 24.6. The van der Waals surface area contributed by atoms with E-state index >= 15 is 0 Å². The van der Waals surface area contributed by atoms with E-state index in [1.807, 2.05) is 18.2 Å². The smallest absolute Gasteiger partial charge is 0.255 e. The Hall–Kier alpha value is -3.22. The maximum absolute atomic E-state index is 13.7. The molecule has 4 rings (SSSR count). The van der Waals surface area contributed by atoms with Crippen molar-refractivity contribution >= 4 is 17.5 Å².